The van der Waals surface area contributed by atoms with Gasteiger partial charge in [0, 0.05) is 32.2 Å². The van der Waals surface area contributed by atoms with Gasteiger partial charge in [-0.2, -0.15) is 9.40 Å². The van der Waals surface area contributed by atoms with Crippen LogP contribution in [0.5, 0.6) is 0 Å². The molecule has 6 nitrogen and oxygen atoms in total. The average molecular weight is 360 g/mol. The van der Waals surface area contributed by atoms with Gasteiger partial charge in [-0.05, 0) is 37.8 Å². The fourth-order valence-electron chi connectivity index (χ4n) is 4.22. The highest BCUT2D eigenvalue weighted by molar-refractivity contribution is 7.89. The predicted octanol–water partition coefficient (Wildman–Crippen LogP) is 2.02. The number of piperazine rings is 1. The Balaban J connectivity index is 1.49. The summed E-state index contributed by atoms with van der Waals surface area (Å²) in [5, 5.41) is 6.82. The first-order valence-electron chi connectivity index (χ1n) is 8.82. The first kappa shape index (κ1) is 16.8. The van der Waals surface area contributed by atoms with E-state index in [2.05, 4.69) is 39.4 Å². The van der Waals surface area contributed by atoms with Crippen LogP contribution in [-0.4, -0.2) is 54.0 Å². The van der Waals surface area contributed by atoms with Crippen molar-refractivity contribution >= 4 is 10.0 Å². The molecule has 1 atom stereocenters. The van der Waals surface area contributed by atoms with Gasteiger partial charge in [-0.25, -0.2) is 8.42 Å². The van der Waals surface area contributed by atoms with Crippen molar-refractivity contribution in [3.05, 3.63) is 46.8 Å². The molecule has 2 aliphatic rings. The van der Waals surface area contributed by atoms with E-state index in [1.54, 1.807) is 18.2 Å². The summed E-state index contributed by atoms with van der Waals surface area (Å²) in [5.74, 6) is 0. The van der Waals surface area contributed by atoms with Gasteiger partial charge in [0.05, 0.1) is 11.4 Å². The summed E-state index contributed by atoms with van der Waals surface area (Å²) in [6, 6.07) is 9.05. The van der Waals surface area contributed by atoms with E-state index in [1.165, 1.54) is 11.1 Å². The average Bonchev–Trinajstić information content (AvgIpc) is 3.18. The number of rotatable bonds is 3. The molecular formula is C18H24N4O2S. The van der Waals surface area contributed by atoms with Gasteiger partial charge < -0.3 is 0 Å². The lowest BCUT2D eigenvalue weighted by Crippen LogP contribution is -2.49. The number of sulfonamides is 1. The molecule has 1 saturated heterocycles. The van der Waals surface area contributed by atoms with E-state index in [1.807, 2.05) is 0 Å². The van der Waals surface area contributed by atoms with Gasteiger partial charge in [-0.1, -0.05) is 24.3 Å². The molecule has 1 aromatic heterocycles. The molecule has 0 amide bonds. The Bertz CT molecular complexity index is 863. The van der Waals surface area contributed by atoms with Crippen molar-refractivity contribution in [1.29, 1.82) is 0 Å². The molecule has 25 heavy (non-hydrogen) atoms. The van der Waals surface area contributed by atoms with E-state index in [-0.39, 0.29) is 0 Å². The molecule has 2 aromatic rings. The molecule has 0 radical (unpaired) electrons. The Morgan fingerprint density at radius 2 is 1.84 bits per heavy atom. The second-order valence-corrected chi connectivity index (χ2v) is 8.83. The number of fused-ring (bicyclic) bond motifs is 1. The van der Waals surface area contributed by atoms with Crippen LogP contribution in [0.2, 0.25) is 0 Å². The zero-order valence-electron chi connectivity index (χ0n) is 14.7. The monoisotopic (exact) mass is 360 g/mol. The smallest absolute Gasteiger partial charge is 0.246 e. The maximum absolute atomic E-state index is 13.0. The van der Waals surface area contributed by atoms with Crippen LogP contribution in [-0.2, 0) is 16.4 Å². The number of hydrogen-bond donors (Lipinski definition) is 1. The highest BCUT2D eigenvalue weighted by Crippen LogP contribution is 2.36. The summed E-state index contributed by atoms with van der Waals surface area (Å²) >= 11 is 0. The third kappa shape index (κ3) is 2.80. The Morgan fingerprint density at radius 1 is 1.12 bits per heavy atom. The zero-order chi connectivity index (χ0) is 17.6. The normalized spacial score (nSPS) is 22.2. The number of hydrogen-bond acceptors (Lipinski definition) is 4. The van der Waals surface area contributed by atoms with Gasteiger partial charge in [-0.15, -0.1) is 0 Å². The van der Waals surface area contributed by atoms with E-state index in [9.17, 15) is 8.42 Å². The number of nitrogens with one attached hydrogen (secondary N) is 1. The number of aromatic nitrogens is 2. The van der Waals surface area contributed by atoms with E-state index in [0.29, 0.717) is 35.4 Å². The summed E-state index contributed by atoms with van der Waals surface area (Å²) in [6.45, 7) is 6.11. The van der Waals surface area contributed by atoms with Gasteiger partial charge in [0.25, 0.3) is 0 Å². The summed E-state index contributed by atoms with van der Waals surface area (Å²) in [6.07, 6.45) is 2.25. The van der Waals surface area contributed by atoms with Crippen molar-refractivity contribution in [2.75, 3.05) is 26.2 Å². The second-order valence-electron chi connectivity index (χ2n) is 6.96. The molecule has 1 N–H and O–H groups in total. The summed E-state index contributed by atoms with van der Waals surface area (Å²) in [7, 11) is -3.47. The third-order valence-electron chi connectivity index (χ3n) is 5.47. The largest absolute Gasteiger partial charge is 0.294 e. The Labute approximate surface area is 148 Å². The molecule has 4 rings (SSSR count). The van der Waals surface area contributed by atoms with Crippen LogP contribution >= 0.6 is 0 Å². The topological polar surface area (TPSA) is 69.3 Å². The van der Waals surface area contributed by atoms with E-state index < -0.39 is 10.0 Å². The Kier molecular flexibility index (Phi) is 4.17. The molecular weight excluding hydrogens is 336 g/mol. The van der Waals surface area contributed by atoms with E-state index in [4.69, 9.17) is 0 Å². The Hall–Kier alpha value is -1.70. The highest BCUT2D eigenvalue weighted by Gasteiger charge is 2.35. The SMILES string of the molecule is Cc1n[nH]c(C)c1S(=O)(=O)N1CCN(C2CCc3ccccc32)CC1. The lowest BCUT2D eigenvalue weighted by atomic mass is 10.1. The maximum atomic E-state index is 13.0. The molecule has 0 spiro atoms. The predicted molar refractivity (Wildman–Crippen MR) is 95.9 cm³/mol. The van der Waals surface area contributed by atoms with Crippen LogP contribution in [0.3, 0.4) is 0 Å². The number of benzene rings is 1. The van der Waals surface area contributed by atoms with Crippen molar-refractivity contribution in [2.45, 2.75) is 37.6 Å². The van der Waals surface area contributed by atoms with Crippen LogP contribution in [0.1, 0.15) is 35.0 Å². The van der Waals surface area contributed by atoms with Gasteiger partial charge in [0.15, 0.2) is 0 Å². The first-order valence-corrected chi connectivity index (χ1v) is 10.3. The van der Waals surface area contributed by atoms with Gasteiger partial charge in [0.2, 0.25) is 10.0 Å². The lowest BCUT2D eigenvalue weighted by Gasteiger charge is -2.37. The van der Waals surface area contributed by atoms with Crippen LogP contribution in [0.4, 0.5) is 0 Å². The van der Waals surface area contributed by atoms with Crippen LogP contribution in [0.25, 0.3) is 0 Å². The minimum atomic E-state index is -3.47. The number of aromatic amines is 1. The van der Waals surface area contributed by atoms with Crippen molar-refractivity contribution < 1.29 is 8.42 Å². The fourth-order valence-corrected chi connectivity index (χ4v) is 5.97. The summed E-state index contributed by atoms with van der Waals surface area (Å²) < 4.78 is 27.5. The van der Waals surface area contributed by atoms with Crippen molar-refractivity contribution in [3.63, 3.8) is 0 Å². The zero-order valence-corrected chi connectivity index (χ0v) is 15.5. The maximum Gasteiger partial charge on any atom is 0.246 e. The number of H-pyrrole nitrogens is 1. The number of aryl methyl sites for hydroxylation is 3. The standard InChI is InChI=1S/C18H24N4O2S/c1-13-18(14(2)20-19-13)25(23,24)22-11-9-21(10-12-22)17-8-7-15-5-3-4-6-16(15)17/h3-6,17H,7-12H2,1-2H3,(H,19,20). The minimum Gasteiger partial charge on any atom is -0.294 e. The van der Waals surface area contributed by atoms with E-state index in [0.717, 1.165) is 25.9 Å². The molecule has 2 heterocycles. The second kappa shape index (κ2) is 6.23. The Morgan fingerprint density at radius 3 is 2.52 bits per heavy atom. The van der Waals surface area contributed by atoms with Gasteiger partial charge in [0.1, 0.15) is 4.90 Å². The summed E-state index contributed by atoms with van der Waals surface area (Å²) in [4.78, 5) is 2.78. The molecule has 1 aliphatic carbocycles. The molecule has 1 aliphatic heterocycles. The molecule has 1 fully saturated rings. The molecule has 0 saturated carbocycles. The molecule has 0 bridgehead atoms. The lowest BCUT2D eigenvalue weighted by molar-refractivity contribution is 0.136. The highest BCUT2D eigenvalue weighted by atomic mass is 32.2. The van der Waals surface area contributed by atoms with Gasteiger partial charge in [-0.3, -0.25) is 10.00 Å². The van der Waals surface area contributed by atoms with Crippen LogP contribution in [0.15, 0.2) is 29.2 Å². The minimum absolute atomic E-state index is 0.340. The molecule has 1 unspecified atom stereocenters. The van der Waals surface area contributed by atoms with Crippen molar-refractivity contribution in [2.24, 2.45) is 0 Å². The fraction of sp³-hybridized carbons (Fsp3) is 0.500. The van der Waals surface area contributed by atoms with Crippen LogP contribution in [0, 0.1) is 13.8 Å². The number of nitrogens with zero attached hydrogens (tertiary/aromatic N) is 3. The van der Waals surface area contributed by atoms with Crippen LogP contribution < -0.4 is 0 Å². The van der Waals surface area contributed by atoms with Crippen molar-refractivity contribution in [3.8, 4) is 0 Å². The summed E-state index contributed by atoms with van der Waals surface area (Å²) in [5.41, 5.74) is 4.02. The quantitative estimate of drug-likeness (QED) is 0.909. The van der Waals surface area contributed by atoms with Crippen molar-refractivity contribution in [1.82, 2.24) is 19.4 Å². The van der Waals surface area contributed by atoms with Gasteiger partial charge >= 0.3 is 0 Å². The first-order chi connectivity index (χ1) is 12.0. The molecule has 7 heteroatoms. The third-order valence-corrected chi connectivity index (χ3v) is 7.64. The molecule has 1 aromatic carbocycles. The van der Waals surface area contributed by atoms with E-state index >= 15 is 0 Å². The molecule has 134 valence electrons.